The Kier molecular flexibility index (Phi) is 4.87. The average Bonchev–Trinajstić information content (AvgIpc) is 2.38. The van der Waals surface area contributed by atoms with E-state index in [-0.39, 0.29) is 5.75 Å². The summed E-state index contributed by atoms with van der Waals surface area (Å²) in [6.07, 6.45) is 2.43. The standard InChI is InChI=1S/C14H21ClN2O/c1-2-17-8-4-5-11(10-17)16-9-12-13(15)6-3-7-14(12)18/h3,6-7,11,16,18H,2,4-5,8-10H2,1H3. The number of likely N-dealkylation sites (N-methyl/N-ethyl adjacent to an activating group) is 1. The van der Waals surface area contributed by atoms with Gasteiger partial charge >= 0.3 is 0 Å². The van der Waals surface area contributed by atoms with Crippen LogP contribution in [0.15, 0.2) is 18.2 Å². The molecule has 1 heterocycles. The lowest BCUT2D eigenvalue weighted by Crippen LogP contribution is -2.45. The average molecular weight is 269 g/mol. The minimum absolute atomic E-state index is 0.276. The Morgan fingerprint density at radius 3 is 3.06 bits per heavy atom. The third kappa shape index (κ3) is 3.37. The van der Waals surface area contributed by atoms with Crippen LogP contribution in [0.1, 0.15) is 25.3 Å². The molecule has 1 unspecified atom stereocenters. The van der Waals surface area contributed by atoms with Crippen molar-refractivity contribution in [3.8, 4) is 5.75 Å². The van der Waals surface area contributed by atoms with Crippen molar-refractivity contribution in [1.82, 2.24) is 10.2 Å². The summed E-state index contributed by atoms with van der Waals surface area (Å²) in [4.78, 5) is 2.45. The van der Waals surface area contributed by atoms with Gasteiger partial charge in [-0.1, -0.05) is 24.6 Å². The minimum atomic E-state index is 0.276. The van der Waals surface area contributed by atoms with Gasteiger partial charge < -0.3 is 15.3 Å². The van der Waals surface area contributed by atoms with Crippen molar-refractivity contribution in [1.29, 1.82) is 0 Å². The number of rotatable bonds is 4. The second kappa shape index (κ2) is 6.41. The molecule has 1 aromatic rings. The molecule has 1 aromatic carbocycles. The fraction of sp³-hybridized carbons (Fsp3) is 0.571. The van der Waals surface area contributed by atoms with Gasteiger partial charge in [-0.3, -0.25) is 0 Å². The van der Waals surface area contributed by atoms with Crippen LogP contribution >= 0.6 is 11.6 Å². The molecule has 1 saturated heterocycles. The first kappa shape index (κ1) is 13.7. The molecule has 2 N–H and O–H groups in total. The van der Waals surface area contributed by atoms with Crippen LogP contribution in [0.3, 0.4) is 0 Å². The maximum Gasteiger partial charge on any atom is 0.121 e. The van der Waals surface area contributed by atoms with Gasteiger partial charge in [-0.05, 0) is 38.1 Å². The van der Waals surface area contributed by atoms with Crippen LogP contribution in [0.25, 0.3) is 0 Å². The first-order valence-electron chi connectivity index (χ1n) is 6.62. The number of hydrogen-bond donors (Lipinski definition) is 2. The molecule has 0 aromatic heterocycles. The number of phenols is 1. The smallest absolute Gasteiger partial charge is 0.121 e. The third-order valence-electron chi connectivity index (χ3n) is 3.61. The van der Waals surface area contributed by atoms with E-state index in [1.54, 1.807) is 12.1 Å². The molecule has 0 aliphatic carbocycles. The highest BCUT2D eigenvalue weighted by molar-refractivity contribution is 6.31. The van der Waals surface area contributed by atoms with Crippen molar-refractivity contribution in [3.05, 3.63) is 28.8 Å². The van der Waals surface area contributed by atoms with Crippen LogP contribution in [-0.2, 0) is 6.54 Å². The lowest BCUT2D eigenvalue weighted by Gasteiger charge is -2.32. The lowest BCUT2D eigenvalue weighted by molar-refractivity contribution is 0.198. The van der Waals surface area contributed by atoms with Crippen LogP contribution in [-0.4, -0.2) is 35.7 Å². The highest BCUT2D eigenvalue weighted by atomic mass is 35.5. The van der Waals surface area contributed by atoms with Crippen molar-refractivity contribution in [2.45, 2.75) is 32.4 Å². The molecule has 0 spiro atoms. The number of nitrogens with one attached hydrogen (secondary N) is 1. The van der Waals surface area contributed by atoms with E-state index in [0.717, 1.165) is 18.7 Å². The van der Waals surface area contributed by atoms with Gasteiger partial charge in [-0.2, -0.15) is 0 Å². The summed E-state index contributed by atoms with van der Waals surface area (Å²) in [6.45, 7) is 6.22. The third-order valence-corrected chi connectivity index (χ3v) is 3.97. The Morgan fingerprint density at radius 1 is 1.50 bits per heavy atom. The molecule has 1 aliphatic heterocycles. The molecule has 100 valence electrons. The second-order valence-electron chi connectivity index (χ2n) is 4.85. The van der Waals surface area contributed by atoms with E-state index in [9.17, 15) is 5.11 Å². The van der Waals surface area contributed by atoms with E-state index < -0.39 is 0 Å². The molecule has 0 saturated carbocycles. The van der Waals surface area contributed by atoms with E-state index in [2.05, 4.69) is 17.1 Å². The van der Waals surface area contributed by atoms with Crippen LogP contribution in [0.5, 0.6) is 5.75 Å². The monoisotopic (exact) mass is 268 g/mol. The molecule has 18 heavy (non-hydrogen) atoms. The fourth-order valence-corrected chi connectivity index (χ4v) is 2.71. The Morgan fingerprint density at radius 2 is 2.33 bits per heavy atom. The Hall–Kier alpha value is -0.770. The van der Waals surface area contributed by atoms with Crippen LogP contribution < -0.4 is 5.32 Å². The van der Waals surface area contributed by atoms with Gasteiger partial charge in [0.15, 0.2) is 0 Å². The largest absolute Gasteiger partial charge is 0.508 e. The van der Waals surface area contributed by atoms with E-state index in [1.807, 2.05) is 6.07 Å². The maximum absolute atomic E-state index is 9.78. The molecular formula is C14H21ClN2O. The molecule has 0 bridgehead atoms. The predicted molar refractivity (Wildman–Crippen MR) is 75.1 cm³/mol. The summed E-state index contributed by atoms with van der Waals surface area (Å²) in [5, 5.41) is 13.9. The van der Waals surface area contributed by atoms with Gasteiger partial charge in [-0.15, -0.1) is 0 Å². The second-order valence-corrected chi connectivity index (χ2v) is 5.26. The molecule has 4 heteroatoms. The van der Waals surface area contributed by atoms with Crippen molar-refractivity contribution < 1.29 is 5.11 Å². The summed E-state index contributed by atoms with van der Waals surface area (Å²) in [6, 6.07) is 5.76. The molecule has 0 radical (unpaired) electrons. The SMILES string of the molecule is CCN1CCCC(NCc2c(O)cccc2Cl)C1. The van der Waals surface area contributed by atoms with Gasteiger partial charge in [-0.25, -0.2) is 0 Å². The summed E-state index contributed by atoms with van der Waals surface area (Å²) in [5.74, 6) is 0.276. The summed E-state index contributed by atoms with van der Waals surface area (Å²) in [5.41, 5.74) is 0.799. The predicted octanol–water partition coefficient (Wildman–Crippen LogP) is 2.62. The van der Waals surface area contributed by atoms with E-state index >= 15 is 0 Å². The summed E-state index contributed by atoms with van der Waals surface area (Å²) in [7, 11) is 0. The van der Waals surface area contributed by atoms with Gasteiger partial charge in [0.25, 0.3) is 0 Å². The Bertz CT molecular complexity index is 377. The Labute approximate surface area is 114 Å². The molecule has 0 amide bonds. The van der Waals surface area contributed by atoms with Crippen LogP contribution in [0.2, 0.25) is 5.02 Å². The van der Waals surface area contributed by atoms with Gasteiger partial charge in [0.05, 0.1) is 0 Å². The van der Waals surface area contributed by atoms with Crippen molar-refractivity contribution in [2.75, 3.05) is 19.6 Å². The molecule has 1 aliphatic rings. The van der Waals surface area contributed by atoms with Gasteiger partial charge in [0.1, 0.15) is 5.75 Å². The quantitative estimate of drug-likeness (QED) is 0.881. The zero-order valence-electron chi connectivity index (χ0n) is 10.8. The zero-order chi connectivity index (χ0) is 13.0. The topological polar surface area (TPSA) is 35.5 Å². The number of benzene rings is 1. The lowest BCUT2D eigenvalue weighted by atomic mass is 10.1. The zero-order valence-corrected chi connectivity index (χ0v) is 11.6. The number of nitrogens with zero attached hydrogens (tertiary/aromatic N) is 1. The van der Waals surface area contributed by atoms with Crippen molar-refractivity contribution >= 4 is 11.6 Å². The maximum atomic E-state index is 9.78. The number of phenolic OH excluding ortho intramolecular Hbond substituents is 1. The van der Waals surface area contributed by atoms with E-state index in [1.165, 1.54) is 19.4 Å². The molecule has 1 fully saturated rings. The highest BCUT2D eigenvalue weighted by Gasteiger charge is 2.18. The Balaban J connectivity index is 1.91. The molecule has 1 atom stereocenters. The number of hydrogen-bond acceptors (Lipinski definition) is 3. The highest BCUT2D eigenvalue weighted by Crippen LogP contribution is 2.25. The number of piperidine rings is 1. The van der Waals surface area contributed by atoms with E-state index in [0.29, 0.717) is 17.6 Å². The molecule has 2 rings (SSSR count). The first-order valence-corrected chi connectivity index (χ1v) is 7.00. The minimum Gasteiger partial charge on any atom is -0.508 e. The normalized spacial score (nSPS) is 21.1. The molecular weight excluding hydrogens is 248 g/mol. The van der Waals surface area contributed by atoms with Crippen molar-refractivity contribution in [2.24, 2.45) is 0 Å². The molecule has 3 nitrogen and oxygen atoms in total. The number of aromatic hydroxyl groups is 1. The van der Waals surface area contributed by atoms with Crippen molar-refractivity contribution in [3.63, 3.8) is 0 Å². The number of likely N-dealkylation sites (tertiary alicyclic amines) is 1. The van der Waals surface area contributed by atoms with Crippen LogP contribution in [0, 0.1) is 0 Å². The van der Waals surface area contributed by atoms with Gasteiger partial charge in [0, 0.05) is 29.7 Å². The van der Waals surface area contributed by atoms with E-state index in [4.69, 9.17) is 11.6 Å². The van der Waals surface area contributed by atoms with Gasteiger partial charge in [0.2, 0.25) is 0 Å². The first-order chi connectivity index (χ1) is 8.70. The summed E-state index contributed by atoms with van der Waals surface area (Å²) >= 11 is 6.09. The number of halogens is 1. The van der Waals surface area contributed by atoms with Crippen LogP contribution in [0.4, 0.5) is 0 Å². The fourth-order valence-electron chi connectivity index (χ4n) is 2.48. The summed E-state index contributed by atoms with van der Waals surface area (Å²) < 4.78 is 0.